The van der Waals surface area contributed by atoms with Crippen molar-refractivity contribution in [1.82, 2.24) is 0 Å². The lowest BCUT2D eigenvalue weighted by atomic mass is 9.44. The SMILES string of the molecule is C[C@H](CCCC(C)(C)O)[C@H]1CC[C@H]2[C@@H]3CC(=O)[C@H]4CC(=O)CC[C@]4(C)[C@H]3CC[C@]12C. The van der Waals surface area contributed by atoms with Gasteiger partial charge in [0.05, 0.1) is 5.60 Å². The lowest BCUT2D eigenvalue weighted by Gasteiger charge is -2.59. The standard InChI is InChI=1S/C27H44O3/c1-17(7-6-12-25(2,3)30)20-8-9-21-19-16-24(29)23-15-18(28)10-13-27(23,5)22(19)11-14-26(20,21)4/h17,19-23,30H,6-16H2,1-5H3/t17-,19+,20-,21+,22+,23-,26-,27-/m1/s1. The lowest BCUT2D eigenvalue weighted by Crippen LogP contribution is -2.56. The summed E-state index contributed by atoms with van der Waals surface area (Å²) in [5.41, 5.74) is -0.134. The van der Waals surface area contributed by atoms with Gasteiger partial charge in [0.25, 0.3) is 0 Å². The predicted molar refractivity (Wildman–Crippen MR) is 120 cm³/mol. The minimum Gasteiger partial charge on any atom is -0.390 e. The third kappa shape index (κ3) is 3.71. The molecule has 0 spiro atoms. The summed E-state index contributed by atoms with van der Waals surface area (Å²) in [6, 6.07) is 0. The van der Waals surface area contributed by atoms with Gasteiger partial charge in [-0.2, -0.15) is 0 Å². The van der Waals surface area contributed by atoms with Crippen LogP contribution in [0.3, 0.4) is 0 Å². The van der Waals surface area contributed by atoms with Crippen molar-refractivity contribution in [3.8, 4) is 0 Å². The van der Waals surface area contributed by atoms with E-state index in [9.17, 15) is 14.7 Å². The molecule has 0 aromatic carbocycles. The number of carbonyl (C=O) groups excluding carboxylic acids is 2. The summed E-state index contributed by atoms with van der Waals surface area (Å²) in [4.78, 5) is 25.3. The zero-order chi connectivity index (χ0) is 21.9. The minimum atomic E-state index is -0.560. The Morgan fingerprint density at radius 3 is 2.43 bits per heavy atom. The van der Waals surface area contributed by atoms with E-state index in [0.717, 1.165) is 31.6 Å². The van der Waals surface area contributed by atoms with E-state index in [1.807, 2.05) is 13.8 Å². The molecule has 1 N–H and O–H groups in total. The monoisotopic (exact) mass is 416 g/mol. The Morgan fingerprint density at radius 2 is 1.73 bits per heavy atom. The Labute approximate surface area is 183 Å². The summed E-state index contributed by atoms with van der Waals surface area (Å²) in [6.07, 6.45) is 11.2. The van der Waals surface area contributed by atoms with E-state index in [4.69, 9.17) is 0 Å². The molecular formula is C27H44O3. The number of aliphatic hydroxyl groups is 1. The highest BCUT2D eigenvalue weighted by molar-refractivity contribution is 5.90. The molecule has 0 heterocycles. The summed E-state index contributed by atoms with van der Waals surface area (Å²) in [5, 5.41) is 10.1. The Bertz CT molecular complexity index is 691. The number of carbonyl (C=O) groups is 2. The quantitative estimate of drug-likeness (QED) is 0.600. The van der Waals surface area contributed by atoms with Crippen LogP contribution in [-0.2, 0) is 9.59 Å². The molecular weight excluding hydrogens is 372 g/mol. The molecule has 30 heavy (non-hydrogen) atoms. The first-order chi connectivity index (χ1) is 14.0. The summed E-state index contributed by atoms with van der Waals surface area (Å²) >= 11 is 0. The third-order valence-electron chi connectivity index (χ3n) is 10.5. The van der Waals surface area contributed by atoms with E-state index >= 15 is 0 Å². The minimum absolute atomic E-state index is 0.00214. The summed E-state index contributed by atoms with van der Waals surface area (Å²) in [7, 11) is 0. The first-order valence-electron chi connectivity index (χ1n) is 12.7. The second-order valence-corrected chi connectivity index (χ2v) is 12.8. The molecule has 4 saturated carbocycles. The molecule has 0 bridgehead atoms. The van der Waals surface area contributed by atoms with Gasteiger partial charge in [-0.05, 0) is 92.8 Å². The van der Waals surface area contributed by atoms with Gasteiger partial charge in [-0.25, -0.2) is 0 Å². The molecule has 3 heteroatoms. The molecule has 0 radical (unpaired) electrons. The van der Waals surface area contributed by atoms with Gasteiger partial charge in [0.1, 0.15) is 11.6 Å². The summed E-state index contributed by atoms with van der Waals surface area (Å²) < 4.78 is 0. The number of rotatable bonds is 5. The van der Waals surface area contributed by atoms with Crippen LogP contribution in [0.5, 0.6) is 0 Å². The van der Waals surface area contributed by atoms with Crippen molar-refractivity contribution in [3.63, 3.8) is 0 Å². The molecule has 0 aromatic heterocycles. The van der Waals surface area contributed by atoms with Crippen molar-refractivity contribution in [1.29, 1.82) is 0 Å². The van der Waals surface area contributed by atoms with E-state index in [0.29, 0.717) is 53.5 Å². The maximum Gasteiger partial charge on any atom is 0.137 e. The fourth-order valence-electron chi connectivity index (χ4n) is 8.87. The Morgan fingerprint density at radius 1 is 1.03 bits per heavy atom. The highest BCUT2D eigenvalue weighted by atomic mass is 16.3. The van der Waals surface area contributed by atoms with Crippen molar-refractivity contribution in [2.75, 3.05) is 0 Å². The Balaban J connectivity index is 1.49. The van der Waals surface area contributed by atoms with Gasteiger partial charge in [0.15, 0.2) is 0 Å². The van der Waals surface area contributed by atoms with Gasteiger partial charge in [0, 0.05) is 25.2 Å². The molecule has 3 nitrogen and oxygen atoms in total. The van der Waals surface area contributed by atoms with Gasteiger partial charge >= 0.3 is 0 Å². The molecule has 4 rings (SSSR count). The first-order valence-corrected chi connectivity index (χ1v) is 12.7. The molecule has 0 aromatic rings. The largest absolute Gasteiger partial charge is 0.390 e. The second kappa shape index (κ2) is 7.71. The van der Waals surface area contributed by atoms with Crippen LogP contribution in [0.2, 0.25) is 0 Å². The van der Waals surface area contributed by atoms with Gasteiger partial charge in [-0.3, -0.25) is 9.59 Å². The molecule has 4 fully saturated rings. The van der Waals surface area contributed by atoms with Crippen LogP contribution >= 0.6 is 0 Å². The molecule has 4 aliphatic rings. The normalized spacial score (nSPS) is 44.9. The van der Waals surface area contributed by atoms with Crippen LogP contribution in [0, 0.1) is 46.3 Å². The van der Waals surface area contributed by atoms with Crippen molar-refractivity contribution in [2.24, 2.45) is 46.3 Å². The molecule has 0 unspecified atom stereocenters. The fourth-order valence-corrected chi connectivity index (χ4v) is 8.87. The first kappa shape index (κ1) is 22.5. The van der Waals surface area contributed by atoms with Crippen LogP contribution in [-0.4, -0.2) is 22.3 Å². The van der Waals surface area contributed by atoms with E-state index < -0.39 is 5.60 Å². The van der Waals surface area contributed by atoms with Gasteiger partial charge in [-0.1, -0.05) is 33.6 Å². The van der Waals surface area contributed by atoms with Crippen molar-refractivity contribution in [2.45, 2.75) is 111 Å². The fraction of sp³-hybridized carbons (Fsp3) is 0.926. The van der Waals surface area contributed by atoms with Crippen molar-refractivity contribution < 1.29 is 14.7 Å². The van der Waals surface area contributed by atoms with Crippen LogP contribution in [0.25, 0.3) is 0 Å². The smallest absolute Gasteiger partial charge is 0.137 e. The van der Waals surface area contributed by atoms with E-state index in [1.54, 1.807) is 0 Å². The number of hydrogen-bond acceptors (Lipinski definition) is 3. The molecule has 4 aliphatic carbocycles. The zero-order valence-corrected chi connectivity index (χ0v) is 20.0. The van der Waals surface area contributed by atoms with Crippen LogP contribution in [0.1, 0.15) is 105 Å². The van der Waals surface area contributed by atoms with Crippen LogP contribution < -0.4 is 0 Å². The summed E-state index contributed by atoms with van der Waals surface area (Å²) in [6.45, 7) is 11.2. The lowest BCUT2D eigenvalue weighted by molar-refractivity contribution is -0.159. The third-order valence-corrected chi connectivity index (χ3v) is 10.5. The Kier molecular flexibility index (Phi) is 5.78. The van der Waals surface area contributed by atoms with Crippen molar-refractivity contribution >= 4 is 11.6 Å². The number of ketones is 2. The maximum atomic E-state index is 13.2. The molecule has 170 valence electrons. The predicted octanol–water partition coefficient (Wildman–Crippen LogP) is 5.97. The van der Waals surface area contributed by atoms with E-state index in [1.165, 1.54) is 32.1 Å². The van der Waals surface area contributed by atoms with Crippen molar-refractivity contribution in [3.05, 3.63) is 0 Å². The average molecular weight is 417 g/mol. The zero-order valence-electron chi connectivity index (χ0n) is 20.0. The van der Waals surface area contributed by atoms with Crippen LogP contribution in [0.4, 0.5) is 0 Å². The second-order valence-electron chi connectivity index (χ2n) is 12.8. The van der Waals surface area contributed by atoms with Gasteiger partial charge < -0.3 is 5.11 Å². The molecule has 0 amide bonds. The molecule has 0 saturated heterocycles. The number of hydrogen-bond donors (Lipinski definition) is 1. The summed E-state index contributed by atoms with van der Waals surface area (Å²) in [5.74, 6) is 4.01. The number of fused-ring (bicyclic) bond motifs is 5. The Hall–Kier alpha value is -0.700. The van der Waals surface area contributed by atoms with E-state index in [-0.39, 0.29) is 11.3 Å². The van der Waals surface area contributed by atoms with Gasteiger partial charge in [0.2, 0.25) is 0 Å². The average Bonchev–Trinajstić information content (AvgIpc) is 3.00. The highest BCUT2D eigenvalue weighted by Gasteiger charge is 2.62. The highest BCUT2D eigenvalue weighted by Crippen LogP contribution is 2.67. The van der Waals surface area contributed by atoms with Gasteiger partial charge in [-0.15, -0.1) is 0 Å². The van der Waals surface area contributed by atoms with Crippen LogP contribution in [0.15, 0.2) is 0 Å². The maximum absolute atomic E-state index is 13.2. The molecule has 8 atom stereocenters. The van der Waals surface area contributed by atoms with E-state index in [2.05, 4.69) is 20.8 Å². The topological polar surface area (TPSA) is 54.4 Å². The molecule has 0 aliphatic heterocycles. The number of Topliss-reactive ketones (excluding diaryl/α,β-unsaturated/α-hetero) is 2.